The second-order valence-corrected chi connectivity index (χ2v) is 7.34. The number of hydrogen-bond acceptors (Lipinski definition) is 5. The molecule has 1 aliphatic heterocycles. The Balaban J connectivity index is 1.60. The van der Waals surface area contributed by atoms with Crippen LogP contribution in [-0.4, -0.2) is 34.9 Å². The van der Waals surface area contributed by atoms with Crippen LogP contribution in [0, 0.1) is 0 Å². The van der Waals surface area contributed by atoms with Crippen molar-refractivity contribution in [2.45, 2.75) is 12.1 Å². The molecule has 0 spiro atoms. The van der Waals surface area contributed by atoms with Crippen LogP contribution in [-0.2, 0) is 4.79 Å². The maximum Gasteiger partial charge on any atom is 0.339 e. The molecule has 1 aromatic heterocycles. The molecule has 136 valence electrons. The molecule has 27 heavy (non-hydrogen) atoms. The minimum absolute atomic E-state index is 0.0477. The van der Waals surface area contributed by atoms with Gasteiger partial charge in [-0.05, 0) is 17.7 Å². The SMILES string of the molecule is O=C(Nc1scc(-c2ccc(Cl)cc2)c1C(=O)O)C1=NC2C=CC=CC2N1. The first-order valence-corrected chi connectivity index (χ1v) is 9.40. The summed E-state index contributed by atoms with van der Waals surface area (Å²) in [6.45, 7) is 0. The fourth-order valence-corrected chi connectivity index (χ4v) is 4.07. The molecule has 2 atom stereocenters. The number of amides is 1. The number of thiophene rings is 1. The van der Waals surface area contributed by atoms with Crippen LogP contribution < -0.4 is 10.6 Å². The molecule has 2 heterocycles. The van der Waals surface area contributed by atoms with Crippen LogP contribution >= 0.6 is 22.9 Å². The highest BCUT2D eigenvalue weighted by molar-refractivity contribution is 7.15. The molecule has 4 rings (SSSR count). The van der Waals surface area contributed by atoms with Crippen LogP contribution in [0.4, 0.5) is 5.00 Å². The largest absolute Gasteiger partial charge is 0.478 e. The van der Waals surface area contributed by atoms with Gasteiger partial charge in [0, 0.05) is 16.0 Å². The van der Waals surface area contributed by atoms with Crippen molar-refractivity contribution in [1.82, 2.24) is 5.32 Å². The number of carboxylic acid groups (broad SMARTS) is 1. The zero-order valence-corrected chi connectivity index (χ0v) is 15.4. The first-order valence-electron chi connectivity index (χ1n) is 8.14. The number of hydrogen-bond donors (Lipinski definition) is 3. The Morgan fingerprint density at radius 1 is 1.19 bits per heavy atom. The molecule has 2 unspecified atom stereocenters. The van der Waals surface area contributed by atoms with Gasteiger partial charge in [-0.1, -0.05) is 48.0 Å². The van der Waals surface area contributed by atoms with Gasteiger partial charge in [0.25, 0.3) is 5.91 Å². The monoisotopic (exact) mass is 399 g/mol. The highest BCUT2D eigenvalue weighted by Gasteiger charge is 2.30. The quantitative estimate of drug-likeness (QED) is 0.733. The predicted octanol–water partition coefficient (Wildman–Crippen LogP) is 3.57. The molecule has 0 saturated heterocycles. The van der Waals surface area contributed by atoms with Crippen LogP contribution in [0.2, 0.25) is 5.02 Å². The Kier molecular flexibility index (Phi) is 4.55. The van der Waals surface area contributed by atoms with Crippen LogP contribution in [0.5, 0.6) is 0 Å². The summed E-state index contributed by atoms with van der Waals surface area (Å²) in [4.78, 5) is 28.7. The number of fused-ring (bicyclic) bond motifs is 1. The predicted molar refractivity (Wildman–Crippen MR) is 107 cm³/mol. The van der Waals surface area contributed by atoms with Gasteiger partial charge >= 0.3 is 5.97 Å². The summed E-state index contributed by atoms with van der Waals surface area (Å²) < 4.78 is 0. The molecule has 0 radical (unpaired) electrons. The molecule has 1 aliphatic carbocycles. The van der Waals surface area contributed by atoms with Crippen molar-refractivity contribution in [2.24, 2.45) is 4.99 Å². The lowest BCUT2D eigenvalue weighted by Gasteiger charge is -2.13. The molecule has 8 heteroatoms. The second kappa shape index (κ2) is 7.02. The molecular formula is C19H14ClN3O3S. The van der Waals surface area contributed by atoms with E-state index >= 15 is 0 Å². The van der Waals surface area contributed by atoms with E-state index in [4.69, 9.17) is 11.6 Å². The second-order valence-electron chi connectivity index (χ2n) is 6.03. The van der Waals surface area contributed by atoms with Crippen LogP contribution in [0.1, 0.15) is 10.4 Å². The number of aromatic carboxylic acids is 1. The highest BCUT2D eigenvalue weighted by Crippen LogP contribution is 2.36. The van der Waals surface area contributed by atoms with Crippen LogP contribution in [0.25, 0.3) is 11.1 Å². The van der Waals surface area contributed by atoms with E-state index in [9.17, 15) is 14.7 Å². The topological polar surface area (TPSA) is 90.8 Å². The molecule has 2 aromatic rings. The van der Waals surface area contributed by atoms with Crippen molar-refractivity contribution in [2.75, 3.05) is 5.32 Å². The third-order valence-electron chi connectivity index (χ3n) is 4.29. The van der Waals surface area contributed by atoms with Gasteiger partial charge in [-0.3, -0.25) is 9.79 Å². The number of aliphatic imine (C=N–C) groups is 1. The summed E-state index contributed by atoms with van der Waals surface area (Å²) in [5.74, 6) is -1.38. The van der Waals surface area contributed by atoms with Gasteiger partial charge in [0.1, 0.15) is 10.6 Å². The Hall–Kier alpha value is -2.90. The van der Waals surface area contributed by atoms with E-state index in [1.165, 1.54) is 0 Å². The smallest absolute Gasteiger partial charge is 0.339 e. The maximum atomic E-state index is 12.6. The first-order chi connectivity index (χ1) is 13.0. The number of carbonyl (C=O) groups is 2. The van der Waals surface area contributed by atoms with Crippen LogP contribution in [0.3, 0.4) is 0 Å². The lowest BCUT2D eigenvalue weighted by Crippen LogP contribution is -2.38. The van der Waals surface area contributed by atoms with E-state index in [1.54, 1.807) is 29.6 Å². The van der Waals surface area contributed by atoms with Crippen molar-refractivity contribution < 1.29 is 14.7 Å². The number of rotatable bonds is 4. The molecular weight excluding hydrogens is 386 g/mol. The van der Waals surface area contributed by atoms with E-state index in [-0.39, 0.29) is 28.5 Å². The van der Waals surface area contributed by atoms with Crippen molar-refractivity contribution in [3.05, 3.63) is 64.5 Å². The third-order valence-corrected chi connectivity index (χ3v) is 5.44. The summed E-state index contributed by atoms with van der Waals surface area (Å²) >= 11 is 7.06. The summed E-state index contributed by atoms with van der Waals surface area (Å²) in [6.07, 6.45) is 7.61. The molecule has 0 fully saturated rings. The van der Waals surface area contributed by atoms with Crippen molar-refractivity contribution in [3.8, 4) is 11.1 Å². The van der Waals surface area contributed by atoms with Gasteiger partial charge in [-0.25, -0.2) is 4.79 Å². The van der Waals surface area contributed by atoms with Gasteiger partial charge < -0.3 is 15.7 Å². The van der Waals surface area contributed by atoms with E-state index in [1.807, 2.05) is 24.3 Å². The van der Waals surface area contributed by atoms with Gasteiger partial charge in [-0.15, -0.1) is 11.3 Å². The van der Waals surface area contributed by atoms with Crippen molar-refractivity contribution in [3.63, 3.8) is 0 Å². The number of carboxylic acids is 1. The summed E-state index contributed by atoms with van der Waals surface area (Å²) in [5, 5.41) is 17.9. The van der Waals surface area contributed by atoms with Gasteiger partial charge in [0.15, 0.2) is 5.84 Å². The lowest BCUT2D eigenvalue weighted by atomic mass is 10.0. The number of amidine groups is 1. The average molecular weight is 400 g/mol. The van der Waals surface area contributed by atoms with Crippen molar-refractivity contribution in [1.29, 1.82) is 0 Å². The number of nitrogens with one attached hydrogen (secondary N) is 2. The van der Waals surface area contributed by atoms with Crippen molar-refractivity contribution >= 4 is 45.7 Å². The first kappa shape index (κ1) is 17.5. The molecule has 0 saturated carbocycles. The summed E-state index contributed by atoms with van der Waals surface area (Å²) in [6, 6.07) is 6.70. The average Bonchev–Trinajstić information content (AvgIpc) is 3.26. The zero-order valence-electron chi connectivity index (χ0n) is 13.8. The fourth-order valence-electron chi connectivity index (χ4n) is 2.99. The van der Waals surface area contributed by atoms with E-state index in [0.29, 0.717) is 16.1 Å². The molecule has 1 aromatic carbocycles. The minimum Gasteiger partial charge on any atom is -0.478 e. The number of nitrogens with zero attached hydrogens (tertiary/aromatic N) is 1. The summed E-state index contributed by atoms with van der Waals surface area (Å²) in [7, 11) is 0. The minimum atomic E-state index is -1.11. The van der Waals surface area contributed by atoms with E-state index < -0.39 is 11.9 Å². The zero-order chi connectivity index (χ0) is 19.0. The van der Waals surface area contributed by atoms with Crippen LogP contribution in [0.15, 0.2) is 58.9 Å². The lowest BCUT2D eigenvalue weighted by molar-refractivity contribution is -0.110. The number of benzene rings is 1. The number of halogens is 1. The van der Waals surface area contributed by atoms with E-state index in [0.717, 1.165) is 11.3 Å². The number of carbonyl (C=O) groups excluding carboxylic acids is 1. The fraction of sp³-hybridized carbons (Fsp3) is 0.105. The molecule has 0 bridgehead atoms. The van der Waals surface area contributed by atoms with Gasteiger partial charge in [0.2, 0.25) is 0 Å². The number of anilines is 1. The van der Waals surface area contributed by atoms with Gasteiger partial charge in [0.05, 0.1) is 12.1 Å². The molecule has 3 N–H and O–H groups in total. The van der Waals surface area contributed by atoms with Gasteiger partial charge in [-0.2, -0.15) is 0 Å². The normalized spacial score (nSPS) is 20.0. The standard InChI is InChI=1S/C19H14ClN3O3S/c20-11-7-5-10(6-8-11)12-9-27-18(15(12)19(25)26)23-17(24)16-21-13-3-1-2-4-14(13)22-16/h1-9,13-14H,(H,21,22)(H,23,24)(H,25,26). The molecule has 2 aliphatic rings. The third kappa shape index (κ3) is 3.39. The Morgan fingerprint density at radius 2 is 1.93 bits per heavy atom. The summed E-state index contributed by atoms with van der Waals surface area (Å²) in [5.41, 5.74) is 1.29. The molecule has 6 nitrogen and oxygen atoms in total. The maximum absolute atomic E-state index is 12.6. The number of allylic oxidation sites excluding steroid dienone is 2. The Bertz CT molecular complexity index is 1010. The Labute approximate surface area is 163 Å². The molecule has 1 amide bonds. The van der Waals surface area contributed by atoms with E-state index in [2.05, 4.69) is 15.6 Å². The Morgan fingerprint density at radius 3 is 2.63 bits per heavy atom. The highest BCUT2D eigenvalue weighted by atomic mass is 35.5.